The number of primary amides is 1. The van der Waals surface area contributed by atoms with Crippen molar-refractivity contribution in [2.75, 3.05) is 6.61 Å². The maximum atomic E-state index is 10.2. The number of rotatable bonds is 7. The largest absolute Gasteiger partial charge is 0.450 e. The lowest BCUT2D eigenvalue weighted by molar-refractivity contribution is 0.154. The first-order valence-electron chi connectivity index (χ1n) is 4.63. The molecule has 0 aromatic heterocycles. The fourth-order valence-corrected chi connectivity index (χ4v) is 1.03. The van der Waals surface area contributed by atoms with E-state index in [9.17, 15) is 4.79 Å². The zero-order chi connectivity index (χ0) is 9.94. The summed E-state index contributed by atoms with van der Waals surface area (Å²) < 4.78 is 4.58. The number of carbonyl (C=O) groups is 1. The standard InChI is InChI=1S/C10H17NO2/c1-2-3-4-5-6-7-8-9-13-10(11)12/h1H,3-9H2,(H2,11,12). The number of nitrogens with two attached hydrogens (primary N) is 1. The van der Waals surface area contributed by atoms with Crippen molar-refractivity contribution in [3.63, 3.8) is 0 Å². The predicted molar refractivity (Wildman–Crippen MR) is 52.1 cm³/mol. The number of unbranched alkanes of at least 4 members (excludes halogenated alkanes) is 5. The van der Waals surface area contributed by atoms with Crippen LogP contribution in [0.2, 0.25) is 0 Å². The second kappa shape index (κ2) is 8.92. The van der Waals surface area contributed by atoms with Crippen molar-refractivity contribution in [3.8, 4) is 12.3 Å². The summed E-state index contributed by atoms with van der Waals surface area (Å²) in [4.78, 5) is 10.2. The van der Waals surface area contributed by atoms with E-state index in [4.69, 9.17) is 12.2 Å². The molecule has 0 spiro atoms. The molecule has 0 fully saturated rings. The third-order valence-corrected chi connectivity index (χ3v) is 1.71. The second-order valence-corrected chi connectivity index (χ2v) is 2.89. The van der Waals surface area contributed by atoms with E-state index in [1.165, 1.54) is 0 Å². The molecule has 0 atom stereocenters. The zero-order valence-electron chi connectivity index (χ0n) is 7.92. The second-order valence-electron chi connectivity index (χ2n) is 2.89. The highest BCUT2D eigenvalue weighted by molar-refractivity contribution is 5.64. The Morgan fingerprint density at radius 1 is 1.23 bits per heavy atom. The van der Waals surface area contributed by atoms with E-state index in [0.717, 1.165) is 38.5 Å². The minimum atomic E-state index is -0.688. The lowest BCUT2D eigenvalue weighted by Gasteiger charge is -2.00. The number of carbonyl (C=O) groups excluding carboxylic acids is 1. The summed E-state index contributed by atoms with van der Waals surface area (Å²) >= 11 is 0. The summed E-state index contributed by atoms with van der Waals surface area (Å²) in [5.74, 6) is 2.60. The minimum Gasteiger partial charge on any atom is -0.450 e. The highest BCUT2D eigenvalue weighted by Gasteiger charge is 1.93. The van der Waals surface area contributed by atoms with Gasteiger partial charge in [-0.1, -0.05) is 19.3 Å². The fourth-order valence-electron chi connectivity index (χ4n) is 1.03. The molecule has 3 heteroatoms. The van der Waals surface area contributed by atoms with E-state index in [2.05, 4.69) is 10.7 Å². The van der Waals surface area contributed by atoms with Crippen LogP contribution in [0.25, 0.3) is 0 Å². The van der Waals surface area contributed by atoms with Crippen molar-refractivity contribution in [2.24, 2.45) is 5.73 Å². The van der Waals surface area contributed by atoms with Gasteiger partial charge >= 0.3 is 6.09 Å². The minimum absolute atomic E-state index is 0.435. The molecular formula is C10H17NO2. The molecule has 0 aliphatic heterocycles. The van der Waals surface area contributed by atoms with E-state index in [-0.39, 0.29) is 0 Å². The monoisotopic (exact) mass is 183 g/mol. The molecule has 1 amide bonds. The molecule has 0 aliphatic carbocycles. The maximum absolute atomic E-state index is 10.2. The number of terminal acetylenes is 1. The van der Waals surface area contributed by atoms with Gasteiger partial charge in [0.2, 0.25) is 0 Å². The summed E-state index contributed by atoms with van der Waals surface area (Å²) in [7, 11) is 0. The summed E-state index contributed by atoms with van der Waals surface area (Å²) in [6.07, 6.45) is 10.6. The van der Waals surface area contributed by atoms with Gasteiger partial charge in [0.05, 0.1) is 6.61 Å². The van der Waals surface area contributed by atoms with Gasteiger partial charge in [0, 0.05) is 6.42 Å². The summed E-state index contributed by atoms with van der Waals surface area (Å²) in [6.45, 7) is 0.435. The molecule has 0 saturated heterocycles. The molecule has 0 radical (unpaired) electrons. The van der Waals surface area contributed by atoms with Gasteiger partial charge < -0.3 is 10.5 Å². The Labute approximate surface area is 79.6 Å². The van der Waals surface area contributed by atoms with Crippen LogP contribution in [0.1, 0.15) is 38.5 Å². The van der Waals surface area contributed by atoms with Crippen molar-refractivity contribution in [1.82, 2.24) is 0 Å². The van der Waals surface area contributed by atoms with Crippen LogP contribution in [0.4, 0.5) is 4.79 Å². The molecule has 0 unspecified atom stereocenters. The molecule has 0 heterocycles. The van der Waals surface area contributed by atoms with Crippen LogP contribution >= 0.6 is 0 Å². The number of hydrogen-bond acceptors (Lipinski definition) is 2. The molecule has 0 saturated carbocycles. The van der Waals surface area contributed by atoms with E-state index in [0.29, 0.717) is 6.61 Å². The van der Waals surface area contributed by atoms with Gasteiger partial charge in [0.15, 0.2) is 0 Å². The van der Waals surface area contributed by atoms with Crippen LogP contribution in [-0.2, 0) is 4.74 Å². The Balaban J connectivity index is 2.92. The lowest BCUT2D eigenvalue weighted by Crippen LogP contribution is -2.13. The third kappa shape index (κ3) is 10.8. The van der Waals surface area contributed by atoms with Crippen molar-refractivity contribution in [1.29, 1.82) is 0 Å². The van der Waals surface area contributed by atoms with Crippen LogP contribution in [0.15, 0.2) is 0 Å². The van der Waals surface area contributed by atoms with Gasteiger partial charge in [-0.25, -0.2) is 4.79 Å². The van der Waals surface area contributed by atoms with Crippen LogP contribution in [0.5, 0.6) is 0 Å². The topological polar surface area (TPSA) is 52.3 Å². The Bertz CT molecular complexity index is 172. The smallest absolute Gasteiger partial charge is 0.404 e. The quantitative estimate of drug-likeness (QED) is 0.485. The van der Waals surface area contributed by atoms with Gasteiger partial charge in [0.25, 0.3) is 0 Å². The van der Waals surface area contributed by atoms with Gasteiger partial charge in [-0.05, 0) is 12.8 Å². The van der Waals surface area contributed by atoms with Crippen LogP contribution in [0.3, 0.4) is 0 Å². The van der Waals surface area contributed by atoms with E-state index in [1.807, 2.05) is 0 Å². The van der Waals surface area contributed by atoms with E-state index in [1.54, 1.807) is 0 Å². The summed E-state index contributed by atoms with van der Waals surface area (Å²) in [6, 6.07) is 0. The molecule has 13 heavy (non-hydrogen) atoms. The predicted octanol–water partition coefficient (Wildman–Crippen LogP) is 2.06. The number of hydrogen-bond donors (Lipinski definition) is 1. The highest BCUT2D eigenvalue weighted by atomic mass is 16.5. The van der Waals surface area contributed by atoms with E-state index < -0.39 is 6.09 Å². The average Bonchev–Trinajstić information content (AvgIpc) is 2.09. The first-order chi connectivity index (χ1) is 6.27. The van der Waals surface area contributed by atoms with Gasteiger partial charge in [-0.3, -0.25) is 0 Å². The maximum Gasteiger partial charge on any atom is 0.404 e. The third-order valence-electron chi connectivity index (χ3n) is 1.71. The molecule has 0 aliphatic rings. The average molecular weight is 183 g/mol. The van der Waals surface area contributed by atoms with Gasteiger partial charge in [-0.2, -0.15) is 0 Å². The summed E-state index contributed by atoms with van der Waals surface area (Å²) in [5.41, 5.74) is 4.79. The summed E-state index contributed by atoms with van der Waals surface area (Å²) in [5, 5.41) is 0. The number of amides is 1. The van der Waals surface area contributed by atoms with Crippen molar-refractivity contribution >= 4 is 6.09 Å². The number of ether oxygens (including phenoxy) is 1. The van der Waals surface area contributed by atoms with Crippen LogP contribution in [0, 0.1) is 12.3 Å². The Morgan fingerprint density at radius 3 is 2.46 bits per heavy atom. The molecule has 0 bridgehead atoms. The van der Waals surface area contributed by atoms with Crippen LogP contribution in [-0.4, -0.2) is 12.7 Å². The normalized spacial score (nSPS) is 9.15. The zero-order valence-corrected chi connectivity index (χ0v) is 7.92. The Kier molecular flexibility index (Phi) is 8.12. The van der Waals surface area contributed by atoms with Crippen molar-refractivity contribution in [2.45, 2.75) is 38.5 Å². The van der Waals surface area contributed by atoms with Crippen molar-refractivity contribution < 1.29 is 9.53 Å². The fraction of sp³-hybridized carbons (Fsp3) is 0.700. The Morgan fingerprint density at radius 2 is 1.85 bits per heavy atom. The molecule has 2 N–H and O–H groups in total. The van der Waals surface area contributed by atoms with Crippen molar-refractivity contribution in [3.05, 3.63) is 0 Å². The van der Waals surface area contributed by atoms with Crippen LogP contribution < -0.4 is 5.73 Å². The first kappa shape index (κ1) is 11.8. The molecule has 3 nitrogen and oxygen atoms in total. The van der Waals surface area contributed by atoms with Gasteiger partial charge in [0.1, 0.15) is 0 Å². The lowest BCUT2D eigenvalue weighted by atomic mass is 10.1. The highest BCUT2D eigenvalue weighted by Crippen LogP contribution is 2.04. The SMILES string of the molecule is C#CCCCCCCCOC(N)=O. The molecular weight excluding hydrogens is 166 g/mol. The molecule has 0 rings (SSSR count). The Hall–Kier alpha value is -1.17. The van der Waals surface area contributed by atoms with E-state index >= 15 is 0 Å². The molecule has 74 valence electrons. The molecule has 0 aromatic carbocycles. The first-order valence-corrected chi connectivity index (χ1v) is 4.63. The molecule has 0 aromatic rings. The van der Waals surface area contributed by atoms with Gasteiger partial charge in [-0.15, -0.1) is 12.3 Å².